The lowest BCUT2D eigenvalue weighted by Crippen LogP contribution is -1.98. The van der Waals surface area contributed by atoms with Gasteiger partial charge in [-0.25, -0.2) is 4.79 Å². The molecule has 0 aliphatic rings. The summed E-state index contributed by atoms with van der Waals surface area (Å²) < 4.78 is 1.84. The summed E-state index contributed by atoms with van der Waals surface area (Å²) in [5, 5.41) is 9.14. The van der Waals surface area contributed by atoms with Crippen LogP contribution in [0.2, 0.25) is 0 Å². The molecule has 0 bridgehead atoms. The number of halogens is 2. The smallest absolute Gasteiger partial charge is 0.336 e. The molecule has 1 N–H and O–H groups in total. The van der Waals surface area contributed by atoms with Crippen molar-refractivity contribution in [1.82, 2.24) is 0 Å². The van der Waals surface area contributed by atoms with E-state index in [1.165, 1.54) is 0 Å². The number of benzene rings is 2. The van der Waals surface area contributed by atoms with Crippen LogP contribution in [-0.4, -0.2) is 11.1 Å². The Kier molecular flexibility index (Phi) is 4.56. The highest BCUT2D eigenvalue weighted by molar-refractivity contribution is 9.10. The van der Waals surface area contributed by atoms with Crippen LogP contribution in [0.4, 0.5) is 0 Å². The van der Waals surface area contributed by atoms with Gasteiger partial charge >= 0.3 is 5.97 Å². The van der Waals surface area contributed by atoms with Gasteiger partial charge in [0.1, 0.15) is 0 Å². The number of hydrogen-bond acceptors (Lipinski definition) is 1. The van der Waals surface area contributed by atoms with Gasteiger partial charge in [0.15, 0.2) is 0 Å². The Balaban J connectivity index is 2.37. The fourth-order valence-electron chi connectivity index (χ4n) is 1.66. The predicted octanol–water partition coefficient (Wildman–Crippen LogP) is 5.08. The van der Waals surface area contributed by atoms with E-state index in [-0.39, 0.29) is 5.56 Å². The van der Waals surface area contributed by atoms with E-state index in [0.29, 0.717) is 5.56 Å². The first-order valence-corrected chi connectivity index (χ1v) is 7.11. The summed E-state index contributed by atoms with van der Waals surface area (Å²) in [7, 11) is 0. The Morgan fingerprint density at radius 3 is 2.42 bits per heavy atom. The van der Waals surface area contributed by atoms with Crippen molar-refractivity contribution in [1.29, 1.82) is 0 Å². The van der Waals surface area contributed by atoms with Crippen LogP contribution in [0, 0.1) is 0 Å². The third-order valence-corrected chi connectivity index (χ3v) is 3.53. The van der Waals surface area contributed by atoms with Crippen molar-refractivity contribution in [2.45, 2.75) is 0 Å². The summed E-state index contributed by atoms with van der Waals surface area (Å²) in [6, 6.07) is 12.9. The molecule has 2 aromatic rings. The molecular weight excluding hydrogens is 372 g/mol. The Bertz CT molecular complexity index is 648. The van der Waals surface area contributed by atoms with Crippen molar-refractivity contribution in [2.24, 2.45) is 0 Å². The normalized spacial score (nSPS) is 10.8. The zero-order valence-corrected chi connectivity index (χ0v) is 13.0. The molecular formula is C15H10Br2O2. The molecule has 0 saturated carbocycles. The van der Waals surface area contributed by atoms with Gasteiger partial charge in [0, 0.05) is 8.95 Å². The second-order valence-electron chi connectivity index (χ2n) is 3.93. The molecule has 2 rings (SSSR count). The van der Waals surface area contributed by atoms with Crippen LogP contribution in [-0.2, 0) is 0 Å². The third kappa shape index (κ3) is 3.78. The second kappa shape index (κ2) is 6.17. The van der Waals surface area contributed by atoms with Crippen molar-refractivity contribution >= 4 is 50.0 Å². The van der Waals surface area contributed by atoms with Crippen LogP contribution >= 0.6 is 31.9 Å². The standard InChI is InChI=1S/C15H10Br2O2/c16-12-3-1-2-10(8-12)4-5-11-9-13(17)6-7-14(11)15(18)19/h1-9H,(H,18,19). The molecule has 0 atom stereocenters. The molecule has 0 amide bonds. The zero-order chi connectivity index (χ0) is 13.8. The largest absolute Gasteiger partial charge is 0.478 e. The van der Waals surface area contributed by atoms with Gasteiger partial charge in [-0.2, -0.15) is 0 Å². The maximum atomic E-state index is 11.1. The van der Waals surface area contributed by atoms with Gasteiger partial charge < -0.3 is 5.11 Å². The van der Waals surface area contributed by atoms with Crippen molar-refractivity contribution in [3.63, 3.8) is 0 Å². The fourth-order valence-corrected chi connectivity index (χ4v) is 2.46. The Morgan fingerprint density at radius 2 is 1.74 bits per heavy atom. The van der Waals surface area contributed by atoms with Crippen LogP contribution < -0.4 is 0 Å². The topological polar surface area (TPSA) is 37.3 Å². The lowest BCUT2D eigenvalue weighted by molar-refractivity contribution is 0.0696. The van der Waals surface area contributed by atoms with Crippen molar-refractivity contribution < 1.29 is 9.90 Å². The van der Waals surface area contributed by atoms with E-state index in [4.69, 9.17) is 5.11 Å². The molecule has 2 aromatic carbocycles. The third-order valence-electron chi connectivity index (χ3n) is 2.55. The second-order valence-corrected chi connectivity index (χ2v) is 5.76. The molecule has 0 fully saturated rings. The Labute approximate surface area is 128 Å². The molecule has 0 aliphatic carbocycles. The maximum absolute atomic E-state index is 11.1. The summed E-state index contributed by atoms with van der Waals surface area (Å²) in [6.45, 7) is 0. The Hall–Kier alpha value is -1.39. The van der Waals surface area contributed by atoms with Crippen molar-refractivity contribution in [3.05, 3.63) is 68.1 Å². The van der Waals surface area contributed by atoms with Crippen LogP contribution in [0.15, 0.2) is 51.4 Å². The van der Waals surface area contributed by atoms with Gasteiger partial charge in [-0.15, -0.1) is 0 Å². The van der Waals surface area contributed by atoms with E-state index in [0.717, 1.165) is 14.5 Å². The zero-order valence-electron chi connectivity index (χ0n) is 9.81. The number of carbonyl (C=O) groups is 1. The lowest BCUT2D eigenvalue weighted by Gasteiger charge is -2.02. The number of aromatic carboxylic acids is 1. The molecule has 0 radical (unpaired) electrons. The average Bonchev–Trinajstić information content (AvgIpc) is 2.36. The average molecular weight is 382 g/mol. The lowest BCUT2D eigenvalue weighted by atomic mass is 10.1. The summed E-state index contributed by atoms with van der Waals surface area (Å²) in [6.07, 6.45) is 3.69. The van der Waals surface area contributed by atoms with E-state index < -0.39 is 5.97 Å². The molecule has 4 heteroatoms. The van der Waals surface area contributed by atoms with Gasteiger partial charge in [0.25, 0.3) is 0 Å². The first-order chi connectivity index (χ1) is 9.06. The van der Waals surface area contributed by atoms with Gasteiger partial charge in [-0.3, -0.25) is 0 Å². The molecule has 0 unspecified atom stereocenters. The monoisotopic (exact) mass is 380 g/mol. The Morgan fingerprint density at radius 1 is 1.00 bits per heavy atom. The molecule has 96 valence electrons. The maximum Gasteiger partial charge on any atom is 0.336 e. The van der Waals surface area contributed by atoms with E-state index in [2.05, 4.69) is 31.9 Å². The summed E-state index contributed by atoms with van der Waals surface area (Å²) in [4.78, 5) is 11.1. The van der Waals surface area contributed by atoms with Gasteiger partial charge in [-0.1, -0.05) is 56.1 Å². The minimum Gasteiger partial charge on any atom is -0.478 e. The van der Waals surface area contributed by atoms with Gasteiger partial charge in [-0.05, 0) is 41.5 Å². The summed E-state index contributed by atoms with van der Waals surface area (Å²) >= 11 is 6.75. The van der Waals surface area contributed by atoms with Crippen molar-refractivity contribution in [3.8, 4) is 0 Å². The highest BCUT2D eigenvalue weighted by Gasteiger charge is 2.07. The fraction of sp³-hybridized carbons (Fsp3) is 0. The molecule has 19 heavy (non-hydrogen) atoms. The number of carboxylic acid groups (broad SMARTS) is 1. The highest BCUT2D eigenvalue weighted by atomic mass is 79.9. The molecule has 0 aromatic heterocycles. The van der Waals surface area contributed by atoms with E-state index in [9.17, 15) is 4.79 Å². The molecule has 0 aliphatic heterocycles. The minimum absolute atomic E-state index is 0.287. The predicted molar refractivity (Wildman–Crippen MR) is 84.2 cm³/mol. The molecule has 0 heterocycles. The van der Waals surface area contributed by atoms with Crippen LogP contribution in [0.5, 0.6) is 0 Å². The first-order valence-electron chi connectivity index (χ1n) is 5.53. The number of rotatable bonds is 3. The number of hydrogen-bond donors (Lipinski definition) is 1. The highest BCUT2D eigenvalue weighted by Crippen LogP contribution is 2.20. The molecule has 2 nitrogen and oxygen atoms in total. The minimum atomic E-state index is -0.929. The summed E-state index contributed by atoms with van der Waals surface area (Å²) in [5.74, 6) is -0.929. The van der Waals surface area contributed by atoms with Gasteiger partial charge in [0.05, 0.1) is 5.56 Å². The van der Waals surface area contributed by atoms with Crippen molar-refractivity contribution in [2.75, 3.05) is 0 Å². The molecule has 0 saturated heterocycles. The van der Waals surface area contributed by atoms with Crippen LogP contribution in [0.1, 0.15) is 21.5 Å². The SMILES string of the molecule is O=C(O)c1ccc(Br)cc1C=Cc1cccc(Br)c1. The van der Waals surface area contributed by atoms with E-state index in [1.807, 2.05) is 30.3 Å². The van der Waals surface area contributed by atoms with Crippen LogP contribution in [0.3, 0.4) is 0 Å². The van der Waals surface area contributed by atoms with E-state index >= 15 is 0 Å². The quantitative estimate of drug-likeness (QED) is 0.752. The van der Waals surface area contributed by atoms with E-state index in [1.54, 1.807) is 24.3 Å². The number of carboxylic acids is 1. The molecule has 0 spiro atoms. The summed E-state index contributed by atoms with van der Waals surface area (Å²) in [5.41, 5.74) is 1.96. The van der Waals surface area contributed by atoms with Gasteiger partial charge in [0.2, 0.25) is 0 Å². The van der Waals surface area contributed by atoms with Crippen LogP contribution in [0.25, 0.3) is 12.2 Å². The first kappa shape index (κ1) is 14.0.